The van der Waals surface area contributed by atoms with E-state index in [2.05, 4.69) is 19.2 Å². The number of hydrogen-bond acceptors (Lipinski definition) is 2. The van der Waals surface area contributed by atoms with Crippen LogP contribution in [0.1, 0.15) is 40.0 Å². The van der Waals surface area contributed by atoms with Crippen molar-refractivity contribution in [1.82, 2.24) is 5.32 Å². The molecule has 0 bridgehead atoms. The van der Waals surface area contributed by atoms with Crippen molar-refractivity contribution in [2.24, 2.45) is 11.8 Å². The molecular weight excluding hydrogens is 174 g/mol. The lowest BCUT2D eigenvalue weighted by molar-refractivity contribution is 0.140. The van der Waals surface area contributed by atoms with E-state index in [1.165, 1.54) is 19.3 Å². The largest absolute Gasteiger partial charge is 0.380 e. The van der Waals surface area contributed by atoms with Gasteiger partial charge in [0.1, 0.15) is 0 Å². The second kappa shape index (κ2) is 6.41. The van der Waals surface area contributed by atoms with Gasteiger partial charge in [-0.15, -0.1) is 0 Å². The normalized spacial score (nSPS) is 33.2. The molecule has 0 aliphatic heterocycles. The van der Waals surface area contributed by atoms with Crippen molar-refractivity contribution in [2.75, 3.05) is 19.8 Å². The van der Waals surface area contributed by atoms with E-state index < -0.39 is 0 Å². The SMILES string of the molecule is CCOCCNC1CC(C)CC(C)C1. The van der Waals surface area contributed by atoms with Crippen LogP contribution in [0.4, 0.5) is 0 Å². The van der Waals surface area contributed by atoms with Crippen LogP contribution in [0.5, 0.6) is 0 Å². The van der Waals surface area contributed by atoms with Gasteiger partial charge in [0, 0.05) is 19.2 Å². The molecule has 0 spiro atoms. The zero-order valence-electron chi connectivity index (χ0n) is 9.88. The molecule has 14 heavy (non-hydrogen) atoms. The fraction of sp³-hybridized carbons (Fsp3) is 1.00. The first kappa shape index (κ1) is 12.0. The average molecular weight is 199 g/mol. The van der Waals surface area contributed by atoms with Gasteiger partial charge < -0.3 is 10.1 Å². The number of nitrogens with one attached hydrogen (secondary N) is 1. The molecule has 0 aromatic rings. The van der Waals surface area contributed by atoms with Crippen LogP contribution in [0.25, 0.3) is 0 Å². The zero-order chi connectivity index (χ0) is 10.4. The van der Waals surface area contributed by atoms with Crippen LogP contribution < -0.4 is 5.32 Å². The minimum Gasteiger partial charge on any atom is -0.380 e. The highest BCUT2D eigenvalue weighted by molar-refractivity contribution is 4.79. The van der Waals surface area contributed by atoms with E-state index in [1.807, 2.05) is 6.92 Å². The van der Waals surface area contributed by atoms with Crippen LogP contribution in [-0.2, 0) is 4.74 Å². The van der Waals surface area contributed by atoms with Crippen LogP contribution in [0.3, 0.4) is 0 Å². The van der Waals surface area contributed by atoms with E-state index in [9.17, 15) is 0 Å². The molecule has 1 aliphatic carbocycles. The third-order valence-corrected chi connectivity index (χ3v) is 3.06. The van der Waals surface area contributed by atoms with Gasteiger partial charge in [-0.2, -0.15) is 0 Å². The Kier molecular flexibility index (Phi) is 5.49. The molecule has 2 nitrogen and oxygen atoms in total. The minimum atomic E-state index is 0.731. The number of ether oxygens (including phenoxy) is 1. The summed E-state index contributed by atoms with van der Waals surface area (Å²) in [4.78, 5) is 0. The Balaban J connectivity index is 2.10. The van der Waals surface area contributed by atoms with Gasteiger partial charge in [-0.25, -0.2) is 0 Å². The highest BCUT2D eigenvalue weighted by atomic mass is 16.5. The Labute approximate surface area is 88.4 Å². The monoisotopic (exact) mass is 199 g/mol. The molecule has 1 saturated carbocycles. The van der Waals surface area contributed by atoms with Crippen molar-refractivity contribution in [3.8, 4) is 0 Å². The molecule has 0 radical (unpaired) electrons. The summed E-state index contributed by atoms with van der Waals surface area (Å²) < 4.78 is 5.32. The van der Waals surface area contributed by atoms with Gasteiger partial charge in [0.2, 0.25) is 0 Å². The molecule has 0 aromatic heterocycles. The lowest BCUT2D eigenvalue weighted by atomic mass is 9.80. The summed E-state index contributed by atoms with van der Waals surface area (Å²) in [5.74, 6) is 1.78. The standard InChI is InChI=1S/C12H25NO/c1-4-14-6-5-13-12-8-10(2)7-11(3)9-12/h10-13H,4-9H2,1-3H3. The maximum absolute atomic E-state index is 5.32. The van der Waals surface area contributed by atoms with Gasteiger partial charge >= 0.3 is 0 Å². The topological polar surface area (TPSA) is 21.3 Å². The van der Waals surface area contributed by atoms with E-state index in [0.717, 1.165) is 37.6 Å². The fourth-order valence-electron chi connectivity index (χ4n) is 2.59. The van der Waals surface area contributed by atoms with E-state index in [-0.39, 0.29) is 0 Å². The molecule has 1 rings (SSSR count). The molecule has 2 atom stereocenters. The molecule has 0 heterocycles. The summed E-state index contributed by atoms with van der Waals surface area (Å²) in [7, 11) is 0. The van der Waals surface area contributed by atoms with Crippen molar-refractivity contribution in [3.63, 3.8) is 0 Å². The van der Waals surface area contributed by atoms with E-state index in [0.29, 0.717) is 0 Å². The van der Waals surface area contributed by atoms with E-state index in [4.69, 9.17) is 4.74 Å². The van der Waals surface area contributed by atoms with Gasteiger partial charge in [0.15, 0.2) is 0 Å². The second-order valence-corrected chi connectivity index (χ2v) is 4.77. The fourth-order valence-corrected chi connectivity index (χ4v) is 2.59. The molecule has 2 unspecified atom stereocenters. The van der Waals surface area contributed by atoms with Crippen LogP contribution in [-0.4, -0.2) is 25.8 Å². The van der Waals surface area contributed by atoms with Crippen molar-refractivity contribution in [1.29, 1.82) is 0 Å². The molecular formula is C12H25NO. The van der Waals surface area contributed by atoms with Crippen molar-refractivity contribution < 1.29 is 4.74 Å². The smallest absolute Gasteiger partial charge is 0.0590 e. The van der Waals surface area contributed by atoms with Crippen LogP contribution in [0.15, 0.2) is 0 Å². The van der Waals surface area contributed by atoms with Crippen molar-refractivity contribution >= 4 is 0 Å². The highest BCUT2D eigenvalue weighted by Gasteiger charge is 2.22. The molecule has 2 heteroatoms. The summed E-state index contributed by atoms with van der Waals surface area (Å²) in [6.07, 6.45) is 4.09. The first-order valence-electron chi connectivity index (χ1n) is 6.03. The predicted molar refractivity (Wildman–Crippen MR) is 60.5 cm³/mol. The first-order valence-corrected chi connectivity index (χ1v) is 6.03. The Morgan fingerprint density at radius 3 is 2.36 bits per heavy atom. The molecule has 84 valence electrons. The third-order valence-electron chi connectivity index (χ3n) is 3.06. The molecule has 0 amide bonds. The molecule has 1 fully saturated rings. The Bertz CT molecular complexity index is 139. The quantitative estimate of drug-likeness (QED) is 0.687. The maximum Gasteiger partial charge on any atom is 0.0590 e. The van der Waals surface area contributed by atoms with Gasteiger partial charge in [-0.05, 0) is 38.0 Å². The number of rotatable bonds is 5. The lowest BCUT2D eigenvalue weighted by Crippen LogP contribution is -2.38. The van der Waals surface area contributed by atoms with Gasteiger partial charge in [0.25, 0.3) is 0 Å². The number of hydrogen-bond donors (Lipinski definition) is 1. The Morgan fingerprint density at radius 1 is 1.14 bits per heavy atom. The molecule has 1 N–H and O–H groups in total. The van der Waals surface area contributed by atoms with Crippen molar-refractivity contribution in [3.05, 3.63) is 0 Å². The van der Waals surface area contributed by atoms with Gasteiger partial charge in [-0.3, -0.25) is 0 Å². The van der Waals surface area contributed by atoms with Gasteiger partial charge in [-0.1, -0.05) is 13.8 Å². The summed E-state index contributed by atoms with van der Waals surface area (Å²) in [5.41, 5.74) is 0. The van der Waals surface area contributed by atoms with Gasteiger partial charge in [0.05, 0.1) is 6.61 Å². The van der Waals surface area contributed by atoms with E-state index >= 15 is 0 Å². The summed E-state index contributed by atoms with van der Waals surface area (Å²) >= 11 is 0. The average Bonchev–Trinajstić information content (AvgIpc) is 2.11. The molecule has 1 aliphatic rings. The van der Waals surface area contributed by atoms with Crippen LogP contribution >= 0.6 is 0 Å². The maximum atomic E-state index is 5.32. The second-order valence-electron chi connectivity index (χ2n) is 4.77. The predicted octanol–water partition coefficient (Wildman–Crippen LogP) is 2.44. The Hall–Kier alpha value is -0.0800. The molecule has 0 saturated heterocycles. The third kappa shape index (κ3) is 4.43. The minimum absolute atomic E-state index is 0.731. The van der Waals surface area contributed by atoms with Crippen molar-refractivity contribution in [2.45, 2.75) is 46.1 Å². The summed E-state index contributed by atoms with van der Waals surface area (Å²) in [6.45, 7) is 9.48. The summed E-state index contributed by atoms with van der Waals surface area (Å²) in [6, 6.07) is 0.731. The van der Waals surface area contributed by atoms with Crippen LogP contribution in [0.2, 0.25) is 0 Å². The first-order chi connectivity index (χ1) is 6.72. The Morgan fingerprint density at radius 2 is 1.79 bits per heavy atom. The van der Waals surface area contributed by atoms with E-state index in [1.54, 1.807) is 0 Å². The summed E-state index contributed by atoms with van der Waals surface area (Å²) in [5, 5.41) is 3.59. The lowest BCUT2D eigenvalue weighted by Gasteiger charge is -2.32. The van der Waals surface area contributed by atoms with Crippen LogP contribution in [0, 0.1) is 11.8 Å². The molecule has 0 aromatic carbocycles. The highest BCUT2D eigenvalue weighted by Crippen LogP contribution is 2.28. The zero-order valence-corrected chi connectivity index (χ0v) is 9.88.